The lowest BCUT2D eigenvalue weighted by molar-refractivity contribution is 0.102. The number of amides is 1. The molecule has 114 valence electrons. The molecule has 0 atom stereocenters. The van der Waals surface area contributed by atoms with Crippen LogP contribution in [-0.2, 0) is 0 Å². The molecule has 0 saturated heterocycles. The van der Waals surface area contributed by atoms with E-state index in [2.05, 4.69) is 10.3 Å². The predicted octanol–water partition coefficient (Wildman–Crippen LogP) is 4.96. The molecule has 23 heavy (non-hydrogen) atoms. The van der Waals surface area contributed by atoms with Gasteiger partial charge >= 0.3 is 0 Å². The van der Waals surface area contributed by atoms with Gasteiger partial charge < -0.3 is 5.32 Å². The summed E-state index contributed by atoms with van der Waals surface area (Å²) < 4.78 is 0. The highest BCUT2D eigenvalue weighted by Crippen LogP contribution is 2.29. The van der Waals surface area contributed by atoms with E-state index in [9.17, 15) is 4.79 Å². The number of nitrogens with zero attached hydrogens (tertiary/aromatic N) is 1. The summed E-state index contributed by atoms with van der Waals surface area (Å²) in [5, 5.41) is 3.51. The van der Waals surface area contributed by atoms with Gasteiger partial charge in [-0.3, -0.25) is 9.78 Å². The molecular formula is C19H15ClN2O. The van der Waals surface area contributed by atoms with E-state index >= 15 is 0 Å². The number of carbonyl (C=O) groups excluding carboxylic acids is 1. The fourth-order valence-electron chi connectivity index (χ4n) is 2.35. The van der Waals surface area contributed by atoms with Crippen molar-refractivity contribution in [3.05, 3.63) is 83.0 Å². The molecule has 1 aromatic heterocycles. The number of anilines is 1. The fraction of sp³-hybridized carbons (Fsp3) is 0.0526. The summed E-state index contributed by atoms with van der Waals surface area (Å²) in [6.07, 6.45) is 1.71. The van der Waals surface area contributed by atoms with Crippen molar-refractivity contribution in [1.29, 1.82) is 0 Å². The van der Waals surface area contributed by atoms with Crippen LogP contribution < -0.4 is 5.32 Å². The second kappa shape index (κ2) is 6.63. The number of rotatable bonds is 3. The Morgan fingerprint density at radius 1 is 1.04 bits per heavy atom. The number of halogens is 1. The highest BCUT2D eigenvalue weighted by Gasteiger charge is 2.11. The SMILES string of the molecule is Cc1ccccc1C(=O)Nc1ccc(Cl)c(-c2ccccn2)c1. The van der Waals surface area contributed by atoms with E-state index in [1.54, 1.807) is 24.4 Å². The van der Waals surface area contributed by atoms with Gasteiger partial charge in [0.25, 0.3) is 5.91 Å². The summed E-state index contributed by atoms with van der Waals surface area (Å²) in [6, 6.07) is 18.5. The summed E-state index contributed by atoms with van der Waals surface area (Å²) in [5.74, 6) is -0.141. The average molecular weight is 323 g/mol. The molecule has 0 aliphatic carbocycles. The van der Waals surface area contributed by atoms with E-state index in [1.165, 1.54) is 0 Å². The Hall–Kier alpha value is -2.65. The van der Waals surface area contributed by atoms with Crippen LogP contribution in [0.25, 0.3) is 11.3 Å². The van der Waals surface area contributed by atoms with Crippen LogP contribution in [-0.4, -0.2) is 10.9 Å². The maximum absolute atomic E-state index is 12.4. The molecule has 0 saturated carbocycles. The molecule has 3 rings (SSSR count). The van der Waals surface area contributed by atoms with Crippen molar-refractivity contribution in [2.45, 2.75) is 6.92 Å². The van der Waals surface area contributed by atoms with E-state index in [4.69, 9.17) is 11.6 Å². The summed E-state index contributed by atoms with van der Waals surface area (Å²) in [6.45, 7) is 1.91. The third-order valence-corrected chi connectivity index (χ3v) is 3.88. The van der Waals surface area contributed by atoms with Gasteiger partial charge in [0.2, 0.25) is 0 Å². The average Bonchev–Trinajstić information content (AvgIpc) is 2.57. The van der Waals surface area contributed by atoms with Crippen LogP contribution >= 0.6 is 11.6 Å². The van der Waals surface area contributed by atoms with Gasteiger partial charge in [-0.1, -0.05) is 35.9 Å². The van der Waals surface area contributed by atoms with E-state index in [0.29, 0.717) is 16.3 Å². The van der Waals surface area contributed by atoms with Gasteiger partial charge in [0.05, 0.1) is 10.7 Å². The third-order valence-electron chi connectivity index (χ3n) is 3.55. The van der Waals surface area contributed by atoms with Gasteiger partial charge in [-0.05, 0) is 48.9 Å². The molecule has 3 aromatic rings. The number of hydrogen-bond acceptors (Lipinski definition) is 2. The highest BCUT2D eigenvalue weighted by atomic mass is 35.5. The summed E-state index contributed by atoms with van der Waals surface area (Å²) in [4.78, 5) is 16.7. The Bertz CT molecular complexity index is 847. The monoisotopic (exact) mass is 322 g/mol. The standard InChI is InChI=1S/C19H15ClN2O/c1-13-6-2-3-7-15(13)19(23)22-14-9-10-17(20)16(12-14)18-8-4-5-11-21-18/h2-12H,1H3,(H,22,23). The van der Waals surface area contributed by atoms with Crippen LogP contribution in [0.3, 0.4) is 0 Å². The number of carbonyl (C=O) groups is 1. The lowest BCUT2D eigenvalue weighted by Crippen LogP contribution is -2.13. The summed E-state index contributed by atoms with van der Waals surface area (Å²) in [7, 11) is 0. The number of aromatic nitrogens is 1. The minimum absolute atomic E-state index is 0.141. The Balaban J connectivity index is 1.90. The Morgan fingerprint density at radius 2 is 1.83 bits per heavy atom. The molecular weight excluding hydrogens is 308 g/mol. The molecule has 1 heterocycles. The summed E-state index contributed by atoms with van der Waals surface area (Å²) in [5.41, 5.74) is 3.83. The van der Waals surface area contributed by atoms with E-state index in [1.807, 2.05) is 49.4 Å². The normalized spacial score (nSPS) is 10.3. The van der Waals surface area contributed by atoms with Crippen molar-refractivity contribution in [2.75, 3.05) is 5.32 Å². The van der Waals surface area contributed by atoms with Crippen LogP contribution in [0.15, 0.2) is 66.9 Å². The Kier molecular flexibility index (Phi) is 4.40. The number of benzene rings is 2. The molecule has 0 unspecified atom stereocenters. The lowest BCUT2D eigenvalue weighted by atomic mass is 10.1. The molecule has 0 aliphatic heterocycles. The van der Waals surface area contributed by atoms with Crippen molar-refractivity contribution in [3.8, 4) is 11.3 Å². The zero-order valence-corrected chi connectivity index (χ0v) is 13.3. The molecule has 3 nitrogen and oxygen atoms in total. The summed E-state index contributed by atoms with van der Waals surface area (Å²) >= 11 is 6.26. The van der Waals surface area contributed by atoms with Crippen molar-refractivity contribution in [3.63, 3.8) is 0 Å². The maximum atomic E-state index is 12.4. The number of nitrogens with one attached hydrogen (secondary N) is 1. The molecule has 0 fully saturated rings. The van der Waals surface area contributed by atoms with Crippen LogP contribution in [0.1, 0.15) is 15.9 Å². The van der Waals surface area contributed by atoms with Crippen LogP contribution in [0, 0.1) is 6.92 Å². The molecule has 0 spiro atoms. The fourth-order valence-corrected chi connectivity index (χ4v) is 2.56. The van der Waals surface area contributed by atoms with Crippen molar-refractivity contribution in [2.24, 2.45) is 0 Å². The number of hydrogen-bond donors (Lipinski definition) is 1. The van der Waals surface area contributed by atoms with E-state index in [-0.39, 0.29) is 5.91 Å². The van der Waals surface area contributed by atoms with E-state index < -0.39 is 0 Å². The van der Waals surface area contributed by atoms with Crippen molar-refractivity contribution >= 4 is 23.2 Å². The van der Waals surface area contributed by atoms with Gasteiger partial charge in [-0.25, -0.2) is 0 Å². The van der Waals surface area contributed by atoms with Crippen LogP contribution in [0.5, 0.6) is 0 Å². The quantitative estimate of drug-likeness (QED) is 0.740. The lowest BCUT2D eigenvalue weighted by Gasteiger charge is -2.10. The zero-order valence-electron chi connectivity index (χ0n) is 12.6. The highest BCUT2D eigenvalue weighted by molar-refractivity contribution is 6.33. The topological polar surface area (TPSA) is 42.0 Å². The smallest absolute Gasteiger partial charge is 0.255 e. The zero-order chi connectivity index (χ0) is 16.2. The Labute approximate surface area is 140 Å². The first-order valence-corrected chi connectivity index (χ1v) is 7.61. The Morgan fingerprint density at radius 3 is 2.57 bits per heavy atom. The van der Waals surface area contributed by atoms with Crippen molar-refractivity contribution in [1.82, 2.24) is 4.98 Å². The van der Waals surface area contributed by atoms with Gasteiger partial charge in [-0.15, -0.1) is 0 Å². The molecule has 1 amide bonds. The largest absolute Gasteiger partial charge is 0.322 e. The van der Waals surface area contributed by atoms with Crippen LogP contribution in [0.2, 0.25) is 5.02 Å². The van der Waals surface area contributed by atoms with Gasteiger partial charge in [0.1, 0.15) is 0 Å². The number of aryl methyl sites for hydroxylation is 1. The minimum Gasteiger partial charge on any atom is -0.322 e. The first-order valence-electron chi connectivity index (χ1n) is 7.23. The number of pyridine rings is 1. The molecule has 0 aliphatic rings. The predicted molar refractivity (Wildman–Crippen MR) is 93.8 cm³/mol. The first kappa shape index (κ1) is 15.3. The second-order valence-corrected chi connectivity index (χ2v) is 5.59. The van der Waals surface area contributed by atoms with Gasteiger partial charge in [0.15, 0.2) is 0 Å². The van der Waals surface area contributed by atoms with Gasteiger partial charge in [0, 0.05) is 23.0 Å². The van der Waals surface area contributed by atoms with Crippen molar-refractivity contribution < 1.29 is 4.79 Å². The molecule has 4 heteroatoms. The first-order chi connectivity index (χ1) is 11.1. The molecule has 1 N–H and O–H groups in total. The molecule has 0 radical (unpaired) electrons. The third kappa shape index (κ3) is 3.41. The van der Waals surface area contributed by atoms with Crippen LogP contribution in [0.4, 0.5) is 5.69 Å². The molecule has 0 bridgehead atoms. The second-order valence-electron chi connectivity index (χ2n) is 5.18. The minimum atomic E-state index is -0.141. The van der Waals surface area contributed by atoms with E-state index in [0.717, 1.165) is 16.8 Å². The maximum Gasteiger partial charge on any atom is 0.255 e. The molecule has 2 aromatic carbocycles. The van der Waals surface area contributed by atoms with Gasteiger partial charge in [-0.2, -0.15) is 0 Å².